The van der Waals surface area contributed by atoms with Crippen LogP contribution in [0.3, 0.4) is 0 Å². The molecule has 0 aromatic heterocycles. The standard InChI is InChI=1S/C19H21ClO5/c20-15-6-3-12(19-18(25-19)9-16(23)17(24)10-21)8-13(15)7-11-1-4-14(22)5-2-11/h1-6,8,16-19,21-24H,7,9-10H2. The number of hydrogen-bond acceptors (Lipinski definition) is 5. The van der Waals surface area contributed by atoms with Crippen LogP contribution < -0.4 is 0 Å². The van der Waals surface area contributed by atoms with Gasteiger partial charge in [0.05, 0.1) is 18.8 Å². The number of epoxide rings is 1. The molecule has 6 heteroatoms. The quantitative estimate of drug-likeness (QED) is 0.565. The van der Waals surface area contributed by atoms with E-state index in [4.69, 9.17) is 21.4 Å². The van der Waals surface area contributed by atoms with Gasteiger partial charge in [0.2, 0.25) is 0 Å². The normalized spacial score (nSPS) is 21.8. The number of benzene rings is 2. The molecule has 134 valence electrons. The Morgan fingerprint density at radius 3 is 2.44 bits per heavy atom. The minimum atomic E-state index is -1.15. The van der Waals surface area contributed by atoms with Gasteiger partial charge in [-0.15, -0.1) is 0 Å². The predicted octanol–water partition coefficient (Wildman–Crippen LogP) is 2.18. The SMILES string of the molecule is OCC(O)C(O)CC1OC1c1ccc(Cl)c(Cc2ccc(O)cc2)c1. The maximum atomic E-state index is 9.78. The van der Waals surface area contributed by atoms with Crippen LogP contribution in [0.25, 0.3) is 0 Å². The van der Waals surface area contributed by atoms with Gasteiger partial charge < -0.3 is 25.2 Å². The minimum Gasteiger partial charge on any atom is -0.508 e. The molecule has 1 heterocycles. The fourth-order valence-electron chi connectivity index (χ4n) is 2.87. The van der Waals surface area contributed by atoms with Gasteiger partial charge in [-0.05, 0) is 41.3 Å². The molecule has 1 aliphatic rings. The first-order chi connectivity index (χ1) is 12.0. The van der Waals surface area contributed by atoms with Crippen LogP contribution in [0.15, 0.2) is 42.5 Å². The number of phenols is 1. The monoisotopic (exact) mass is 364 g/mol. The lowest BCUT2D eigenvalue weighted by Crippen LogP contribution is -2.30. The zero-order valence-corrected chi connectivity index (χ0v) is 14.3. The molecular weight excluding hydrogens is 344 g/mol. The largest absolute Gasteiger partial charge is 0.508 e. The Balaban J connectivity index is 1.67. The molecule has 4 unspecified atom stereocenters. The van der Waals surface area contributed by atoms with E-state index in [0.717, 1.165) is 16.7 Å². The van der Waals surface area contributed by atoms with E-state index in [1.54, 1.807) is 12.1 Å². The van der Waals surface area contributed by atoms with E-state index >= 15 is 0 Å². The molecule has 0 bridgehead atoms. The third-order valence-corrected chi connectivity index (χ3v) is 4.79. The lowest BCUT2D eigenvalue weighted by atomic mass is 9.99. The third kappa shape index (κ3) is 4.51. The Kier molecular flexibility index (Phi) is 5.61. The summed E-state index contributed by atoms with van der Waals surface area (Å²) in [5.41, 5.74) is 2.95. The number of rotatable bonds is 7. The van der Waals surface area contributed by atoms with Crippen molar-refractivity contribution in [3.8, 4) is 5.75 Å². The van der Waals surface area contributed by atoms with Crippen molar-refractivity contribution in [2.75, 3.05) is 6.61 Å². The molecule has 2 aromatic carbocycles. The second-order valence-electron chi connectivity index (χ2n) is 6.34. The van der Waals surface area contributed by atoms with E-state index in [0.29, 0.717) is 11.4 Å². The molecule has 4 N–H and O–H groups in total. The average Bonchev–Trinajstić information content (AvgIpc) is 3.37. The number of ether oxygens (including phenoxy) is 1. The molecular formula is C19H21ClO5. The summed E-state index contributed by atoms with van der Waals surface area (Å²) in [6.07, 6.45) is -1.59. The number of halogens is 1. The van der Waals surface area contributed by atoms with Gasteiger partial charge in [0.1, 0.15) is 18.0 Å². The van der Waals surface area contributed by atoms with Crippen LogP contribution in [0, 0.1) is 0 Å². The minimum absolute atomic E-state index is 0.142. The third-order valence-electron chi connectivity index (χ3n) is 4.42. The number of phenolic OH excluding ortho intramolecular Hbond substituents is 1. The maximum absolute atomic E-state index is 9.78. The van der Waals surface area contributed by atoms with Crippen molar-refractivity contribution >= 4 is 11.6 Å². The molecule has 2 aromatic rings. The number of aromatic hydroxyl groups is 1. The summed E-state index contributed by atoms with van der Waals surface area (Å²) >= 11 is 6.29. The van der Waals surface area contributed by atoms with Crippen molar-refractivity contribution in [1.82, 2.24) is 0 Å². The zero-order valence-electron chi connectivity index (χ0n) is 13.5. The Morgan fingerprint density at radius 2 is 1.76 bits per heavy atom. The summed E-state index contributed by atoms with van der Waals surface area (Å²) < 4.78 is 5.60. The van der Waals surface area contributed by atoms with E-state index in [1.165, 1.54) is 0 Å². The summed E-state index contributed by atoms with van der Waals surface area (Å²) in [4.78, 5) is 0. The van der Waals surface area contributed by atoms with Gasteiger partial charge in [0.25, 0.3) is 0 Å². The molecule has 1 aliphatic heterocycles. The molecule has 4 atom stereocenters. The highest BCUT2D eigenvalue weighted by Crippen LogP contribution is 2.42. The van der Waals surface area contributed by atoms with Gasteiger partial charge in [0, 0.05) is 11.4 Å². The molecule has 1 saturated heterocycles. The molecule has 0 aliphatic carbocycles. The highest BCUT2D eigenvalue weighted by atomic mass is 35.5. The first-order valence-corrected chi connectivity index (χ1v) is 8.54. The summed E-state index contributed by atoms with van der Waals surface area (Å²) in [6, 6.07) is 12.7. The van der Waals surface area contributed by atoms with E-state index < -0.39 is 18.8 Å². The summed E-state index contributed by atoms with van der Waals surface area (Å²) in [6.45, 7) is -0.476. The average molecular weight is 365 g/mol. The predicted molar refractivity (Wildman–Crippen MR) is 93.7 cm³/mol. The van der Waals surface area contributed by atoms with Crippen molar-refractivity contribution in [3.05, 3.63) is 64.2 Å². The second kappa shape index (κ2) is 7.72. The molecule has 5 nitrogen and oxygen atoms in total. The van der Waals surface area contributed by atoms with Crippen molar-refractivity contribution in [3.63, 3.8) is 0 Å². The number of aliphatic hydroxyl groups is 3. The topological polar surface area (TPSA) is 93.5 Å². The van der Waals surface area contributed by atoms with E-state index in [1.807, 2.05) is 30.3 Å². The lowest BCUT2D eigenvalue weighted by molar-refractivity contribution is -0.0204. The van der Waals surface area contributed by atoms with Crippen LogP contribution in [-0.4, -0.2) is 45.3 Å². The Morgan fingerprint density at radius 1 is 1.04 bits per heavy atom. The van der Waals surface area contributed by atoms with Gasteiger partial charge in [-0.3, -0.25) is 0 Å². The molecule has 0 spiro atoms. The van der Waals surface area contributed by atoms with Gasteiger partial charge in [-0.25, -0.2) is 0 Å². The zero-order chi connectivity index (χ0) is 18.0. The highest BCUT2D eigenvalue weighted by molar-refractivity contribution is 6.31. The number of hydrogen-bond donors (Lipinski definition) is 4. The first-order valence-electron chi connectivity index (χ1n) is 8.16. The van der Waals surface area contributed by atoms with Crippen molar-refractivity contribution in [2.24, 2.45) is 0 Å². The Bertz CT molecular complexity index is 718. The van der Waals surface area contributed by atoms with Crippen LogP contribution in [0.4, 0.5) is 0 Å². The summed E-state index contributed by atoms with van der Waals surface area (Å²) in [5.74, 6) is 0.224. The highest BCUT2D eigenvalue weighted by Gasteiger charge is 2.42. The van der Waals surface area contributed by atoms with Gasteiger partial charge in [-0.2, -0.15) is 0 Å². The summed E-state index contributed by atoms with van der Waals surface area (Å²) in [7, 11) is 0. The molecule has 0 saturated carbocycles. The van der Waals surface area contributed by atoms with Gasteiger partial charge >= 0.3 is 0 Å². The molecule has 0 amide bonds. The van der Waals surface area contributed by atoms with Gasteiger partial charge in [0.15, 0.2) is 0 Å². The smallest absolute Gasteiger partial charge is 0.115 e. The van der Waals surface area contributed by atoms with Crippen molar-refractivity contribution in [1.29, 1.82) is 0 Å². The van der Waals surface area contributed by atoms with Crippen molar-refractivity contribution in [2.45, 2.75) is 37.3 Å². The maximum Gasteiger partial charge on any atom is 0.115 e. The lowest BCUT2D eigenvalue weighted by Gasteiger charge is -2.13. The van der Waals surface area contributed by atoms with E-state index in [-0.39, 0.29) is 24.4 Å². The fourth-order valence-corrected chi connectivity index (χ4v) is 3.06. The van der Waals surface area contributed by atoms with Gasteiger partial charge in [-0.1, -0.05) is 35.9 Å². The second-order valence-corrected chi connectivity index (χ2v) is 6.75. The van der Waals surface area contributed by atoms with E-state index in [9.17, 15) is 15.3 Å². The fraction of sp³-hybridized carbons (Fsp3) is 0.368. The molecule has 1 fully saturated rings. The van der Waals surface area contributed by atoms with Crippen molar-refractivity contribution < 1.29 is 25.2 Å². The van der Waals surface area contributed by atoms with E-state index in [2.05, 4.69) is 0 Å². The number of aliphatic hydroxyl groups excluding tert-OH is 3. The first kappa shape index (κ1) is 18.2. The van der Waals surface area contributed by atoms with Crippen LogP contribution >= 0.6 is 11.6 Å². The van der Waals surface area contributed by atoms with Crippen LogP contribution in [0.2, 0.25) is 5.02 Å². The molecule has 3 rings (SSSR count). The van der Waals surface area contributed by atoms with Crippen LogP contribution in [0.5, 0.6) is 5.75 Å². The van der Waals surface area contributed by atoms with Crippen LogP contribution in [0.1, 0.15) is 29.2 Å². The summed E-state index contributed by atoms with van der Waals surface area (Å²) in [5, 5.41) is 38.1. The van der Waals surface area contributed by atoms with Crippen LogP contribution in [-0.2, 0) is 11.2 Å². The Hall–Kier alpha value is -1.63. The molecule has 25 heavy (non-hydrogen) atoms. The Labute approximate surface area is 151 Å². The molecule has 0 radical (unpaired) electrons.